The molecule has 0 saturated carbocycles. The van der Waals surface area contributed by atoms with Crippen molar-refractivity contribution in [3.63, 3.8) is 0 Å². The third kappa shape index (κ3) is 4.80. The van der Waals surface area contributed by atoms with Gasteiger partial charge in [0.25, 0.3) is 0 Å². The van der Waals surface area contributed by atoms with Crippen molar-refractivity contribution in [2.45, 2.75) is 51.5 Å². The molecule has 4 nitrogen and oxygen atoms in total. The molecule has 0 aliphatic carbocycles. The Morgan fingerprint density at radius 1 is 1.10 bits per heavy atom. The van der Waals surface area contributed by atoms with E-state index in [4.69, 9.17) is 0 Å². The van der Waals surface area contributed by atoms with Gasteiger partial charge in [-0.2, -0.15) is 0 Å². The molecule has 0 aliphatic heterocycles. The van der Waals surface area contributed by atoms with Crippen molar-refractivity contribution < 1.29 is 8.42 Å². The molecule has 0 fully saturated rings. The van der Waals surface area contributed by atoms with E-state index >= 15 is 0 Å². The van der Waals surface area contributed by atoms with Gasteiger partial charge in [-0.15, -0.1) is 0 Å². The summed E-state index contributed by atoms with van der Waals surface area (Å²) in [6.45, 7) is 8.90. The SMILES string of the molecule is CCCNS(=O)(=O)c1ccc(NC(CC)C(C)C)cc1. The molecule has 0 amide bonds. The maximum Gasteiger partial charge on any atom is 0.240 e. The van der Waals surface area contributed by atoms with E-state index in [2.05, 4.69) is 30.8 Å². The second kappa shape index (κ2) is 7.64. The van der Waals surface area contributed by atoms with Crippen LogP contribution in [0.3, 0.4) is 0 Å². The van der Waals surface area contributed by atoms with Crippen molar-refractivity contribution in [2.24, 2.45) is 5.92 Å². The fourth-order valence-electron chi connectivity index (χ4n) is 2.00. The highest BCUT2D eigenvalue weighted by molar-refractivity contribution is 7.89. The Labute approximate surface area is 123 Å². The maximum atomic E-state index is 12.0. The lowest BCUT2D eigenvalue weighted by atomic mass is 10.0. The van der Waals surface area contributed by atoms with Gasteiger partial charge in [-0.1, -0.05) is 27.7 Å². The first-order valence-corrected chi connectivity index (χ1v) is 8.75. The topological polar surface area (TPSA) is 58.2 Å². The molecule has 0 saturated heterocycles. The number of hydrogen-bond acceptors (Lipinski definition) is 3. The van der Waals surface area contributed by atoms with E-state index in [1.54, 1.807) is 12.1 Å². The first-order valence-electron chi connectivity index (χ1n) is 7.27. The zero-order chi connectivity index (χ0) is 15.2. The van der Waals surface area contributed by atoms with Crippen LogP contribution in [0.15, 0.2) is 29.2 Å². The minimum Gasteiger partial charge on any atom is -0.382 e. The summed E-state index contributed by atoms with van der Waals surface area (Å²) in [5, 5.41) is 3.43. The molecular formula is C15H26N2O2S. The molecule has 1 atom stereocenters. The molecular weight excluding hydrogens is 272 g/mol. The largest absolute Gasteiger partial charge is 0.382 e. The highest BCUT2D eigenvalue weighted by atomic mass is 32.2. The summed E-state index contributed by atoms with van der Waals surface area (Å²) < 4.78 is 26.5. The molecule has 114 valence electrons. The van der Waals surface area contributed by atoms with Gasteiger partial charge in [-0.3, -0.25) is 0 Å². The van der Waals surface area contributed by atoms with E-state index in [-0.39, 0.29) is 0 Å². The first kappa shape index (κ1) is 17.0. The van der Waals surface area contributed by atoms with Crippen molar-refractivity contribution in [3.8, 4) is 0 Å². The third-order valence-corrected chi connectivity index (χ3v) is 4.78. The predicted octanol–water partition coefficient (Wildman–Crippen LogP) is 3.22. The highest BCUT2D eigenvalue weighted by Crippen LogP contribution is 2.18. The molecule has 0 spiro atoms. The second-order valence-electron chi connectivity index (χ2n) is 5.33. The first-order chi connectivity index (χ1) is 9.40. The maximum absolute atomic E-state index is 12.0. The number of sulfonamides is 1. The Bertz CT molecular complexity index is 495. The van der Waals surface area contributed by atoms with Crippen molar-refractivity contribution in [3.05, 3.63) is 24.3 Å². The monoisotopic (exact) mass is 298 g/mol. The van der Waals surface area contributed by atoms with Crippen molar-refractivity contribution in [2.75, 3.05) is 11.9 Å². The third-order valence-electron chi connectivity index (χ3n) is 3.30. The molecule has 1 unspecified atom stereocenters. The van der Waals surface area contributed by atoms with E-state index in [0.717, 1.165) is 18.5 Å². The summed E-state index contributed by atoms with van der Waals surface area (Å²) in [5.41, 5.74) is 0.958. The fourth-order valence-corrected chi connectivity index (χ4v) is 3.14. The van der Waals surface area contributed by atoms with E-state index in [1.165, 1.54) is 0 Å². The average Bonchev–Trinajstić information content (AvgIpc) is 2.42. The van der Waals surface area contributed by atoms with Gasteiger partial charge in [0.15, 0.2) is 0 Å². The highest BCUT2D eigenvalue weighted by Gasteiger charge is 2.14. The average molecular weight is 298 g/mol. The van der Waals surface area contributed by atoms with Crippen LogP contribution in [-0.2, 0) is 10.0 Å². The summed E-state index contributed by atoms with van der Waals surface area (Å²) >= 11 is 0. The Hall–Kier alpha value is -1.07. The van der Waals surface area contributed by atoms with Crippen molar-refractivity contribution in [1.29, 1.82) is 0 Å². The molecule has 20 heavy (non-hydrogen) atoms. The molecule has 0 radical (unpaired) electrons. The Kier molecular flexibility index (Phi) is 6.49. The van der Waals surface area contributed by atoms with Crippen LogP contribution in [0.5, 0.6) is 0 Å². The fraction of sp³-hybridized carbons (Fsp3) is 0.600. The van der Waals surface area contributed by atoms with Gasteiger partial charge in [-0.25, -0.2) is 13.1 Å². The lowest BCUT2D eigenvalue weighted by Crippen LogP contribution is -2.25. The smallest absolute Gasteiger partial charge is 0.240 e. The minimum absolute atomic E-state index is 0.314. The summed E-state index contributed by atoms with van der Waals surface area (Å²) in [4.78, 5) is 0.314. The molecule has 1 aromatic carbocycles. The van der Waals surface area contributed by atoms with Gasteiger partial charge in [0.2, 0.25) is 10.0 Å². The van der Waals surface area contributed by atoms with E-state index in [1.807, 2.05) is 19.1 Å². The second-order valence-corrected chi connectivity index (χ2v) is 7.09. The zero-order valence-electron chi connectivity index (χ0n) is 12.8. The van der Waals surface area contributed by atoms with Crippen LogP contribution < -0.4 is 10.0 Å². The minimum atomic E-state index is -3.37. The Morgan fingerprint density at radius 2 is 1.70 bits per heavy atom. The lowest BCUT2D eigenvalue weighted by Gasteiger charge is -2.22. The van der Waals surface area contributed by atoms with Crippen LogP contribution in [0, 0.1) is 5.92 Å². The molecule has 0 heterocycles. The van der Waals surface area contributed by atoms with Gasteiger partial charge in [0, 0.05) is 18.3 Å². The van der Waals surface area contributed by atoms with Crippen LogP contribution in [-0.4, -0.2) is 21.0 Å². The summed E-state index contributed by atoms with van der Waals surface area (Å²) in [7, 11) is -3.37. The van der Waals surface area contributed by atoms with E-state index in [9.17, 15) is 8.42 Å². The Morgan fingerprint density at radius 3 is 2.15 bits per heavy atom. The molecule has 0 bridgehead atoms. The number of nitrogens with one attached hydrogen (secondary N) is 2. The summed E-state index contributed by atoms with van der Waals surface area (Å²) in [6, 6.07) is 7.34. The molecule has 0 aliphatic rings. The van der Waals surface area contributed by atoms with Gasteiger partial charge in [0.1, 0.15) is 0 Å². The van der Waals surface area contributed by atoms with E-state index in [0.29, 0.717) is 23.4 Å². The lowest BCUT2D eigenvalue weighted by molar-refractivity contribution is 0.511. The van der Waals surface area contributed by atoms with Gasteiger partial charge in [-0.05, 0) is 43.0 Å². The standard InChI is InChI=1S/C15H26N2O2S/c1-5-11-16-20(18,19)14-9-7-13(8-10-14)17-15(6-2)12(3)4/h7-10,12,15-17H,5-6,11H2,1-4H3. The summed E-state index contributed by atoms with van der Waals surface area (Å²) in [6.07, 6.45) is 1.82. The number of hydrogen-bond donors (Lipinski definition) is 2. The van der Waals surface area contributed by atoms with Crippen LogP contribution in [0.2, 0.25) is 0 Å². The van der Waals surface area contributed by atoms with Gasteiger partial charge < -0.3 is 5.32 Å². The normalized spacial score (nSPS) is 13.4. The Balaban J connectivity index is 2.78. The molecule has 1 rings (SSSR count). The molecule has 5 heteroatoms. The van der Waals surface area contributed by atoms with Gasteiger partial charge >= 0.3 is 0 Å². The zero-order valence-corrected chi connectivity index (χ0v) is 13.6. The van der Waals surface area contributed by atoms with Crippen LogP contribution in [0.1, 0.15) is 40.5 Å². The molecule has 2 N–H and O–H groups in total. The van der Waals surface area contributed by atoms with Gasteiger partial charge in [0.05, 0.1) is 4.90 Å². The molecule has 0 aromatic heterocycles. The van der Waals surface area contributed by atoms with Crippen molar-refractivity contribution >= 4 is 15.7 Å². The van der Waals surface area contributed by atoms with E-state index < -0.39 is 10.0 Å². The molecule has 1 aromatic rings. The van der Waals surface area contributed by atoms with Crippen molar-refractivity contribution in [1.82, 2.24) is 4.72 Å². The van der Waals surface area contributed by atoms with Crippen LogP contribution >= 0.6 is 0 Å². The predicted molar refractivity (Wildman–Crippen MR) is 84.5 cm³/mol. The quantitative estimate of drug-likeness (QED) is 0.774. The van der Waals surface area contributed by atoms with Crippen LogP contribution in [0.25, 0.3) is 0 Å². The number of anilines is 1. The number of benzene rings is 1. The van der Waals surface area contributed by atoms with Crippen LogP contribution in [0.4, 0.5) is 5.69 Å². The summed E-state index contributed by atoms with van der Waals surface area (Å²) in [5.74, 6) is 0.537. The number of rotatable bonds is 8.